The van der Waals surface area contributed by atoms with Gasteiger partial charge in [0.25, 0.3) is 5.91 Å². The van der Waals surface area contributed by atoms with Crippen molar-refractivity contribution >= 4 is 11.8 Å². The van der Waals surface area contributed by atoms with Gasteiger partial charge in [0.1, 0.15) is 11.5 Å². The van der Waals surface area contributed by atoms with Gasteiger partial charge in [-0.15, -0.1) is 0 Å². The Morgan fingerprint density at radius 3 is 2.50 bits per heavy atom. The number of hydrogen-bond acceptors (Lipinski definition) is 2. The molecule has 1 N–H and O–H groups in total. The van der Waals surface area contributed by atoms with Crippen LogP contribution in [0.4, 0.5) is 4.39 Å². The van der Waals surface area contributed by atoms with Crippen molar-refractivity contribution < 1.29 is 14.0 Å². The number of H-pyrrole nitrogens is 1. The number of rotatable bonds is 1. The first-order valence-corrected chi connectivity index (χ1v) is 5.96. The molecule has 0 spiro atoms. The van der Waals surface area contributed by atoms with Crippen LogP contribution in [0.15, 0.2) is 12.3 Å². The van der Waals surface area contributed by atoms with Crippen molar-refractivity contribution in [3.05, 3.63) is 23.8 Å². The van der Waals surface area contributed by atoms with Crippen LogP contribution in [0.3, 0.4) is 0 Å². The van der Waals surface area contributed by atoms with Gasteiger partial charge < -0.3 is 14.8 Å². The second-order valence-corrected chi connectivity index (χ2v) is 4.38. The van der Waals surface area contributed by atoms with Gasteiger partial charge in [0.05, 0.1) is 0 Å². The largest absolute Gasteiger partial charge is 0.355 e. The second kappa shape index (κ2) is 5.20. The van der Waals surface area contributed by atoms with Gasteiger partial charge in [0, 0.05) is 45.4 Å². The summed E-state index contributed by atoms with van der Waals surface area (Å²) in [5, 5.41) is 0. The lowest BCUT2D eigenvalue weighted by Crippen LogP contribution is -2.36. The third kappa shape index (κ3) is 2.69. The third-order valence-electron chi connectivity index (χ3n) is 3.11. The molecule has 98 valence electrons. The molecule has 2 amide bonds. The number of nitrogens with zero attached hydrogens (tertiary/aromatic N) is 2. The number of carbonyl (C=O) groups excluding carboxylic acids is 2. The molecule has 0 atom stereocenters. The van der Waals surface area contributed by atoms with Gasteiger partial charge in [0.2, 0.25) is 5.91 Å². The van der Waals surface area contributed by atoms with Crippen LogP contribution in [-0.4, -0.2) is 52.8 Å². The highest BCUT2D eigenvalue weighted by molar-refractivity contribution is 5.92. The van der Waals surface area contributed by atoms with E-state index >= 15 is 0 Å². The third-order valence-corrected chi connectivity index (χ3v) is 3.11. The van der Waals surface area contributed by atoms with Gasteiger partial charge in [-0.25, -0.2) is 4.39 Å². The summed E-state index contributed by atoms with van der Waals surface area (Å²) in [6.07, 6.45) is 1.90. The minimum absolute atomic E-state index is 0.0233. The Morgan fingerprint density at radius 2 is 1.89 bits per heavy atom. The first-order valence-electron chi connectivity index (χ1n) is 5.96. The molecule has 0 saturated carbocycles. The molecule has 0 aromatic carbocycles. The maximum Gasteiger partial charge on any atom is 0.270 e. The summed E-state index contributed by atoms with van der Waals surface area (Å²) in [5.41, 5.74) is 0.253. The minimum Gasteiger partial charge on any atom is -0.355 e. The Hall–Kier alpha value is -1.85. The van der Waals surface area contributed by atoms with Crippen LogP contribution < -0.4 is 0 Å². The highest BCUT2D eigenvalue weighted by Gasteiger charge is 2.22. The summed E-state index contributed by atoms with van der Waals surface area (Å²) in [6, 6.07) is 1.19. The van der Waals surface area contributed by atoms with Gasteiger partial charge in [-0.2, -0.15) is 0 Å². The van der Waals surface area contributed by atoms with Crippen molar-refractivity contribution in [2.24, 2.45) is 0 Å². The Kier molecular flexibility index (Phi) is 3.64. The summed E-state index contributed by atoms with van der Waals surface area (Å²) < 4.78 is 12.8. The van der Waals surface area contributed by atoms with Crippen molar-refractivity contribution in [3.63, 3.8) is 0 Å². The smallest absolute Gasteiger partial charge is 0.270 e. The summed E-state index contributed by atoms with van der Waals surface area (Å²) >= 11 is 0. The predicted molar refractivity (Wildman–Crippen MR) is 63.5 cm³/mol. The first-order chi connectivity index (χ1) is 8.58. The average molecular weight is 253 g/mol. The number of amides is 2. The molecule has 2 heterocycles. The van der Waals surface area contributed by atoms with E-state index in [1.165, 1.54) is 13.0 Å². The number of aromatic nitrogens is 1. The predicted octanol–water partition coefficient (Wildman–Crippen LogP) is 0.848. The van der Waals surface area contributed by atoms with Crippen molar-refractivity contribution in [2.45, 2.75) is 13.3 Å². The van der Waals surface area contributed by atoms with Crippen molar-refractivity contribution in [2.75, 3.05) is 26.2 Å². The standard InChI is InChI=1S/C12H16FN3O2/c1-9(17)15-3-2-4-16(6-5-15)12(18)11-7-10(13)8-14-11/h7-8,14H,2-6H2,1H3. The zero-order chi connectivity index (χ0) is 13.1. The Labute approximate surface area is 105 Å². The molecule has 5 nitrogen and oxygen atoms in total. The van der Waals surface area contributed by atoms with E-state index < -0.39 is 5.82 Å². The molecule has 1 aliphatic heterocycles. The van der Waals surface area contributed by atoms with E-state index in [-0.39, 0.29) is 17.5 Å². The molecule has 6 heteroatoms. The molecule has 1 fully saturated rings. The SMILES string of the molecule is CC(=O)N1CCCN(C(=O)c2cc(F)c[nH]2)CC1. The number of hydrogen-bond donors (Lipinski definition) is 1. The number of halogens is 1. The topological polar surface area (TPSA) is 56.4 Å². The van der Waals surface area contributed by atoms with E-state index in [0.717, 1.165) is 12.6 Å². The summed E-state index contributed by atoms with van der Waals surface area (Å²) in [7, 11) is 0. The Balaban J connectivity index is 2.02. The van der Waals surface area contributed by atoms with Crippen LogP contribution in [0.5, 0.6) is 0 Å². The van der Waals surface area contributed by atoms with E-state index in [9.17, 15) is 14.0 Å². The first kappa shape index (κ1) is 12.6. The highest BCUT2D eigenvalue weighted by atomic mass is 19.1. The van der Waals surface area contributed by atoms with Crippen LogP contribution in [0.25, 0.3) is 0 Å². The summed E-state index contributed by atoms with van der Waals surface area (Å²) in [6.45, 7) is 3.79. The second-order valence-electron chi connectivity index (χ2n) is 4.38. The lowest BCUT2D eigenvalue weighted by atomic mass is 10.3. The Bertz CT molecular complexity index is 458. The van der Waals surface area contributed by atoms with Crippen molar-refractivity contribution in [3.8, 4) is 0 Å². The monoisotopic (exact) mass is 253 g/mol. The lowest BCUT2D eigenvalue weighted by Gasteiger charge is -2.20. The fourth-order valence-corrected chi connectivity index (χ4v) is 2.10. The van der Waals surface area contributed by atoms with Gasteiger partial charge in [-0.05, 0) is 6.42 Å². The van der Waals surface area contributed by atoms with E-state index in [4.69, 9.17) is 0 Å². The molecule has 1 aromatic heterocycles. The van der Waals surface area contributed by atoms with Crippen molar-refractivity contribution in [1.82, 2.24) is 14.8 Å². The van der Waals surface area contributed by atoms with Crippen molar-refractivity contribution in [1.29, 1.82) is 0 Å². The quantitative estimate of drug-likeness (QED) is 0.806. The molecule has 1 aliphatic rings. The van der Waals surface area contributed by atoms with E-state index in [1.807, 2.05) is 0 Å². The fourth-order valence-electron chi connectivity index (χ4n) is 2.10. The molecular weight excluding hydrogens is 237 g/mol. The minimum atomic E-state index is -0.446. The Morgan fingerprint density at radius 1 is 1.22 bits per heavy atom. The van der Waals surface area contributed by atoms with Crippen LogP contribution in [0.2, 0.25) is 0 Å². The highest BCUT2D eigenvalue weighted by Crippen LogP contribution is 2.09. The van der Waals surface area contributed by atoms with E-state index in [2.05, 4.69) is 4.98 Å². The van der Waals surface area contributed by atoms with Gasteiger partial charge in [-0.1, -0.05) is 0 Å². The summed E-state index contributed by atoms with van der Waals surface area (Å²) in [4.78, 5) is 29.3. The van der Waals surface area contributed by atoms with E-state index in [1.54, 1.807) is 9.80 Å². The number of carbonyl (C=O) groups is 2. The molecule has 18 heavy (non-hydrogen) atoms. The normalized spacial score (nSPS) is 16.6. The molecule has 1 saturated heterocycles. The van der Waals surface area contributed by atoms with Crippen LogP contribution >= 0.6 is 0 Å². The van der Waals surface area contributed by atoms with Gasteiger partial charge in [-0.3, -0.25) is 9.59 Å². The molecule has 2 rings (SSSR count). The maximum absolute atomic E-state index is 12.8. The fraction of sp³-hybridized carbons (Fsp3) is 0.500. The van der Waals surface area contributed by atoms with Crippen LogP contribution in [0.1, 0.15) is 23.8 Å². The van der Waals surface area contributed by atoms with E-state index in [0.29, 0.717) is 26.2 Å². The van der Waals surface area contributed by atoms with Crippen LogP contribution in [-0.2, 0) is 4.79 Å². The number of aromatic amines is 1. The molecule has 0 radical (unpaired) electrons. The summed E-state index contributed by atoms with van der Waals surface area (Å²) in [5.74, 6) is -0.641. The molecular formula is C12H16FN3O2. The number of nitrogens with one attached hydrogen (secondary N) is 1. The molecule has 1 aromatic rings. The molecule has 0 unspecified atom stereocenters. The zero-order valence-corrected chi connectivity index (χ0v) is 10.3. The average Bonchev–Trinajstić information content (AvgIpc) is 2.63. The maximum atomic E-state index is 12.8. The lowest BCUT2D eigenvalue weighted by molar-refractivity contribution is -0.128. The van der Waals surface area contributed by atoms with Crippen LogP contribution in [0, 0.1) is 5.82 Å². The molecule has 0 bridgehead atoms. The van der Waals surface area contributed by atoms with Gasteiger partial charge in [0.15, 0.2) is 0 Å². The zero-order valence-electron chi connectivity index (χ0n) is 10.3. The molecule has 0 aliphatic carbocycles. The van der Waals surface area contributed by atoms with Gasteiger partial charge >= 0.3 is 0 Å².